The van der Waals surface area contributed by atoms with Crippen LogP contribution >= 0.6 is 0 Å². The van der Waals surface area contributed by atoms with Crippen LogP contribution in [0.5, 0.6) is 0 Å². The molecule has 4 nitrogen and oxygen atoms in total. The molecule has 9 aromatic rings. The molecule has 0 bridgehead atoms. The van der Waals surface area contributed by atoms with Crippen LogP contribution in [0.3, 0.4) is 0 Å². The van der Waals surface area contributed by atoms with E-state index in [-0.39, 0.29) is 25.7 Å². The number of furan rings is 1. The molecule has 0 spiro atoms. The topological polar surface area (TPSA) is 43.9 Å². The Kier molecular flexibility index (Phi) is 8.79. The van der Waals surface area contributed by atoms with Crippen LogP contribution in [0.25, 0.3) is 72.6 Å². The van der Waals surface area contributed by atoms with Crippen molar-refractivity contribution >= 4 is 22.0 Å². The molecule has 9 rings (SSSR count). The predicted octanol–water partition coefficient (Wildman–Crippen LogP) is 11.7. The van der Waals surface area contributed by atoms with Crippen LogP contribution in [0.15, 0.2) is 168 Å². The molecule has 51 heavy (non-hydrogen) atoms. The van der Waals surface area contributed by atoms with E-state index in [0.717, 1.165) is 61.2 Å². The van der Waals surface area contributed by atoms with Gasteiger partial charge < -0.3 is 14.0 Å². The van der Waals surface area contributed by atoms with Crippen molar-refractivity contribution in [3.63, 3.8) is 0 Å². The average Bonchev–Trinajstić information content (AvgIpc) is 3.80. The molecule has 3 aromatic heterocycles. The monoisotopic (exact) mass is 839 g/mol. The molecular formula is C46H33IrN3O-2. The Morgan fingerprint density at radius 3 is 2.04 bits per heavy atom. The number of benzene rings is 6. The summed E-state index contributed by atoms with van der Waals surface area (Å²) in [6, 6.07) is 55.1. The number of aromatic nitrogens is 3. The Hall–Kier alpha value is -5.87. The molecule has 0 saturated heterocycles. The third-order valence-electron chi connectivity index (χ3n) is 8.60. The molecular weight excluding hydrogens is 803 g/mol. The fourth-order valence-electron chi connectivity index (χ4n) is 6.33. The van der Waals surface area contributed by atoms with Gasteiger partial charge in [0.15, 0.2) is 0 Å². The molecule has 5 heteroatoms. The predicted molar refractivity (Wildman–Crippen MR) is 204 cm³/mol. The molecule has 0 aliphatic carbocycles. The molecule has 6 aromatic carbocycles. The molecule has 249 valence electrons. The molecule has 3 heterocycles. The number of hydrogen-bond acceptors (Lipinski definition) is 3. The minimum absolute atomic E-state index is 0. The van der Waals surface area contributed by atoms with E-state index in [9.17, 15) is 0 Å². The number of para-hydroxylation sites is 2. The van der Waals surface area contributed by atoms with Gasteiger partial charge in [0, 0.05) is 53.4 Å². The van der Waals surface area contributed by atoms with Gasteiger partial charge in [-0.25, -0.2) is 0 Å². The van der Waals surface area contributed by atoms with Gasteiger partial charge in [-0.1, -0.05) is 114 Å². The van der Waals surface area contributed by atoms with Crippen LogP contribution in [0.2, 0.25) is 0 Å². The van der Waals surface area contributed by atoms with Gasteiger partial charge >= 0.3 is 0 Å². The summed E-state index contributed by atoms with van der Waals surface area (Å²) in [5, 5.41) is 0.754. The molecule has 0 saturated carbocycles. The molecule has 0 fully saturated rings. The van der Waals surface area contributed by atoms with Gasteiger partial charge in [0.25, 0.3) is 0 Å². The Morgan fingerprint density at radius 1 is 0.686 bits per heavy atom. The van der Waals surface area contributed by atoms with E-state index in [4.69, 9.17) is 13.5 Å². The van der Waals surface area contributed by atoms with Crippen LogP contribution in [0.4, 0.5) is 0 Å². The van der Waals surface area contributed by atoms with Crippen molar-refractivity contribution < 1.29 is 28.6 Å². The van der Waals surface area contributed by atoms with E-state index >= 15 is 0 Å². The fraction of sp³-hybridized carbons (Fsp3) is 0.0435. The first-order valence-corrected chi connectivity index (χ1v) is 16.4. The van der Waals surface area contributed by atoms with Gasteiger partial charge in [-0.3, -0.25) is 4.98 Å². The second-order valence-corrected chi connectivity index (χ2v) is 12.0. The summed E-state index contributed by atoms with van der Waals surface area (Å²) in [5.74, 6) is 0.671. The number of pyridine rings is 1. The van der Waals surface area contributed by atoms with E-state index < -0.39 is 6.85 Å². The van der Waals surface area contributed by atoms with Crippen molar-refractivity contribution in [2.45, 2.75) is 13.8 Å². The first-order valence-electron chi connectivity index (χ1n) is 17.9. The molecule has 0 N–H and O–H groups in total. The molecule has 1 radical (unpaired) electrons. The number of fused-ring (bicyclic) bond motifs is 2. The van der Waals surface area contributed by atoms with E-state index in [1.165, 1.54) is 0 Å². The van der Waals surface area contributed by atoms with Crippen molar-refractivity contribution in [3.8, 4) is 50.6 Å². The molecule has 0 amide bonds. The Balaban J connectivity index is 0.000000294. The first kappa shape index (κ1) is 30.0. The third kappa shape index (κ3) is 6.82. The second kappa shape index (κ2) is 14.9. The third-order valence-corrected chi connectivity index (χ3v) is 8.60. The van der Waals surface area contributed by atoms with Crippen molar-refractivity contribution in [2.24, 2.45) is 0 Å². The van der Waals surface area contributed by atoms with E-state index in [2.05, 4.69) is 95.5 Å². The molecule has 0 unspecified atom stereocenters. The van der Waals surface area contributed by atoms with Crippen LogP contribution in [0, 0.1) is 26.1 Å². The summed E-state index contributed by atoms with van der Waals surface area (Å²) in [6.07, 6.45) is 4.86. The van der Waals surface area contributed by atoms with Crippen LogP contribution in [-0.4, -0.2) is 14.5 Å². The average molecular weight is 839 g/mol. The minimum Gasteiger partial charge on any atom is -0.557 e. The maximum atomic E-state index is 7.83. The Morgan fingerprint density at radius 2 is 1.37 bits per heavy atom. The number of imidazole rings is 1. The van der Waals surface area contributed by atoms with Crippen molar-refractivity contribution in [1.82, 2.24) is 14.5 Å². The summed E-state index contributed by atoms with van der Waals surface area (Å²) in [5.41, 5.74) is 11.6. The summed E-state index contributed by atoms with van der Waals surface area (Å²) in [6.45, 7) is -0.110. The van der Waals surface area contributed by atoms with Gasteiger partial charge in [0.1, 0.15) is 0 Å². The van der Waals surface area contributed by atoms with E-state index in [1.807, 2.05) is 72.8 Å². The minimum atomic E-state index is -2.23. The van der Waals surface area contributed by atoms with Gasteiger partial charge in [-0.2, -0.15) is 0 Å². The summed E-state index contributed by atoms with van der Waals surface area (Å²) in [4.78, 5) is 9.32. The normalized spacial score (nSPS) is 11.9. The second-order valence-electron chi connectivity index (χ2n) is 12.0. The number of aryl methyl sites for hydroxylation is 2. The molecule has 0 aliphatic rings. The number of hydrogen-bond donors (Lipinski definition) is 0. The van der Waals surface area contributed by atoms with E-state index in [1.54, 1.807) is 24.4 Å². The van der Waals surface area contributed by atoms with Gasteiger partial charge in [-0.05, 0) is 66.5 Å². The summed E-state index contributed by atoms with van der Waals surface area (Å²) < 4.78 is 31.5. The summed E-state index contributed by atoms with van der Waals surface area (Å²) >= 11 is 0. The summed E-state index contributed by atoms with van der Waals surface area (Å²) in [7, 11) is 0. The smallest absolute Gasteiger partial charge is 0.0774 e. The number of nitrogens with zero attached hydrogens (tertiary/aromatic N) is 3. The van der Waals surface area contributed by atoms with Gasteiger partial charge in [0.05, 0.1) is 22.5 Å². The van der Waals surface area contributed by atoms with E-state index in [0.29, 0.717) is 17.0 Å². The standard InChI is InChI=1S/C35H25N2O.C11H8N.Ir/c1-23-17-18-27-30(22-38-33(27)21-23)35-36-31-15-9-10-16-32(31)37(35)34-28(25-11-5-3-6-12-25)19-24(2)20-29(34)26-13-7-4-8-14-26;1-2-6-10(7-3-1)11-8-4-5-9-12-11;/h3-21H,1-2H3;1-6,8-9H;/q2*-1;/i1D3;;. The van der Waals surface area contributed by atoms with Crippen molar-refractivity contribution in [1.29, 1.82) is 0 Å². The maximum absolute atomic E-state index is 7.83. The van der Waals surface area contributed by atoms with Crippen molar-refractivity contribution in [2.75, 3.05) is 0 Å². The number of rotatable bonds is 5. The van der Waals surface area contributed by atoms with Crippen LogP contribution in [0.1, 0.15) is 15.2 Å². The maximum Gasteiger partial charge on any atom is 0.0774 e. The quantitative estimate of drug-likeness (QED) is 0.162. The zero-order chi connectivity index (χ0) is 36.4. The van der Waals surface area contributed by atoms with Crippen LogP contribution in [-0.2, 0) is 20.1 Å². The zero-order valence-corrected chi connectivity index (χ0v) is 30.1. The van der Waals surface area contributed by atoms with Gasteiger partial charge in [-0.15, -0.1) is 42.0 Å². The molecule has 0 aliphatic heterocycles. The molecule has 0 atom stereocenters. The largest absolute Gasteiger partial charge is 0.557 e. The fourth-order valence-corrected chi connectivity index (χ4v) is 6.33. The Labute approximate surface area is 315 Å². The first-order chi connectivity index (χ1) is 25.8. The zero-order valence-electron chi connectivity index (χ0n) is 30.7. The SMILES string of the molecule is [2H]C([2H])([2H])c1ccc2c(-c3nc4ccccc4n3-c3c(-c4ccccc4)cc(C)cc3-c3ccccc3)[c-]oc2c1.[Ir].[c-]1ccccc1-c1ccccn1. The van der Waals surface area contributed by atoms with Crippen LogP contribution < -0.4 is 0 Å². The Bertz CT molecular complexity index is 2560. The van der Waals surface area contributed by atoms with Crippen molar-refractivity contribution in [3.05, 3.63) is 187 Å². The van der Waals surface area contributed by atoms with Gasteiger partial charge in [0.2, 0.25) is 0 Å².